The Labute approximate surface area is 134 Å². The van der Waals surface area contributed by atoms with Gasteiger partial charge in [-0.3, -0.25) is 9.59 Å². The number of carbonyl (C=O) groups excluding carboxylic acids is 2. The first-order chi connectivity index (χ1) is 11.1. The van der Waals surface area contributed by atoms with Crippen LogP contribution in [0.3, 0.4) is 0 Å². The summed E-state index contributed by atoms with van der Waals surface area (Å²) in [5, 5.41) is 2.77. The molecule has 23 heavy (non-hydrogen) atoms. The predicted molar refractivity (Wildman–Crippen MR) is 84.1 cm³/mol. The Morgan fingerprint density at radius 1 is 1.26 bits per heavy atom. The molecule has 1 N–H and O–H groups in total. The Kier molecular flexibility index (Phi) is 4.32. The minimum Gasteiger partial charge on any atom is -0.479 e. The SMILES string of the molecule is C[C@@H]1Oc2ccccc2N(CCC(=O)NCc2ccco2)C1=O. The number of hydrogen-bond donors (Lipinski definition) is 1. The van der Waals surface area contributed by atoms with Crippen LogP contribution in [0.1, 0.15) is 19.1 Å². The van der Waals surface area contributed by atoms with Crippen LogP contribution in [0.15, 0.2) is 47.1 Å². The summed E-state index contributed by atoms with van der Waals surface area (Å²) < 4.78 is 10.7. The molecule has 0 saturated heterocycles. The van der Waals surface area contributed by atoms with E-state index in [9.17, 15) is 9.59 Å². The van der Waals surface area contributed by atoms with E-state index < -0.39 is 6.10 Å². The summed E-state index contributed by atoms with van der Waals surface area (Å²) >= 11 is 0. The van der Waals surface area contributed by atoms with Gasteiger partial charge in [0, 0.05) is 13.0 Å². The maximum absolute atomic E-state index is 12.3. The van der Waals surface area contributed by atoms with Crippen molar-refractivity contribution in [2.24, 2.45) is 0 Å². The second-order valence-electron chi connectivity index (χ2n) is 5.32. The molecule has 0 fully saturated rings. The quantitative estimate of drug-likeness (QED) is 0.917. The van der Waals surface area contributed by atoms with Gasteiger partial charge in [0.15, 0.2) is 6.10 Å². The Hall–Kier alpha value is -2.76. The van der Waals surface area contributed by atoms with Crippen molar-refractivity contribution in [2.75, 3.05) is 11.4 Å². The predicted octanol–water partition coefficient (Wildman–Crippen LogP) is 2.10. The third-order valence-electron chi connectivity index (χ3n) is 3.68. The monoisotopic (exact) mass is 314 g/mol. The van der Waals surface area contributed by atoms with Crippen LogP contribution in [0.5, 0.6) is 5.75 Å². The number of benzene rings is 1. The number of hydrogen-bond acceptors (Lipinski definition) is 4. The maximum Gasteiger partial charge on any atom is 0.267 e. The number of anilines is 1. The van der Waals surface area contributed by atoms with Crippen molar-refractivity contribution in [2.45, 2.75) is 26.0 Å². The van der Waals surface area contributed by atoms with E-state index in [0.29, 0.717) is 30.3 Å². The lowest BCUT2D eigenvalue weighted by atomic mass is 10.1. The highest BCUT2D eigenvalue weighted by molar-refractivity contribution is 6.00. The molecule has 0 saturated carbocycles. The number of carbonyl (C=O) groups is 2. The number of fused-ring (bicyclic) bond motifs is 1. The van der Waals surface area contributed by atoms with Crippen LogP contribution in [0.25, 0.3) is 0 Å². The fraction of sp³-hybridized carbons (Fsp3) is 0.294. The number of nitrogens with one attached hydrogen (secondary N) is 1. The number of para-hydroxylation sites is 2. The molecule has 1 atom stereocenters. The summed E-state index contributed by atoms with van der Waals surface area (Å²) in [5.41, 5.74) is 0.703. The van der Waals surface area contributed by atoms with E-state index in [1.54, 1.807) is 30.2 Å². The largest absolute Gasteiger partial charge is 0.479 e. The molecule has 0 bridgehead atoms. The Bertz CT molecular complexity index is 696. The first kappa shape index (κ1) is 15.1. The molecule has 1 aromatic heterocycles. The van der Waals surface area contributed by atoms with Crippen LogP contribution in [-0.4, -0.2) is 24.5 Å². The molecule has 0 radical (unpaired) electrons. The van der Waals surface area contributed by atoms with Gasteiger partial charge in [0.2, 0.25) is 5.91 Å². The smallest absolute Gasteiger partial charge is 0.267 e. The van der Waals surface area contributed by atoms with Crippen molar-refractivity contribution >= 4 is 17.5 Å². The maximum atomic E-state index is 12.3. The second-order valence-corrected chi connectivity index (χ2v) is 5.32. The molecule has 2 amide bonds. The van der Waals surface area contributed by atoms with E-state index in [4.69, 9.17) is 9.15 Å². The van der Waals surface area contributed by atoms with Crippen LogP contribution in [0.4, 0.5) is 5.69 Å². The number of furan rings is 1. The van der Waals surface area contributed by atoms with Gasteiger partial charge in [0.05, 0.1) is 18.5 Å². The summed E-state index contributed by atoms with van der Waals surface area (Å²) in [5.74, 6) is 1.09. The van der Waals surface area contributed by atoms with Crippen molar-refractivity contribution < 1.29 is 18.7 Å². The van der Waals surface area contributed by atoms with Gasteiger partial charge in [-0.05, 0) is 31.2 Å². The molecule has 0 spiro atoms. The van der Waals surface area contributed by atoms with Crippen molar-refractivity contribution in [3.63, 3.8) is 0 Å². The third-order valence-corrected chi connectivity index (χ3v) is 3.68. The molecule has 1 aliphatic rings. The van der Waals surface area contributed by atoms with Gasteiger partial charge in [-0.25, -0.2) is 0 Å². The van der Waals surface area contributed by atoms with Crippen LogP contribution in [-0.2, 0) is 16.1 Å². The average Bonchev–Trinajstić information content (AvgIpc) is 3.07. The molecule has 1 aromatic carbocycles. The molecule has 2 heterocycles. The number of nitrogens with zero attached hydrogens (tertiary/aromatic N) is 1. The zero-order chi connectivity index (χ0) is 16.2. The molecule has 120 valence electrons. The van der Waals surface area contributed by atoms with E-state index >= 15 is 0 Å². The fourth-order valence-electron chi connectivity index (χ4n) is 2.49. The van der Waals surface area contributed by atoms with Crippen LogP contribution < -0.4 is 15.0 Å². The van der Waals surface area contributed by atoms with Crippen molar-refractivity contribution in [3.05, 3.63) is 48.4 Å². The summed E-state index contributed by atoms with van der Waals surface area (Å²) in [6.45, 7) is 2.37. The molecule has 3 rings (SSSR count). The summed E-state index contributed by atoms with van der Waals surface area (Å²) in [6, 6.07) is 10.9. The number of amides is 2. The van der Waals surface area contributed by atoms with Gasteiger partial charge in [0.1, 0.15) is 11.5 Å². The highest BCUT2D eigenvalue weighted by Crippen LogP contribution is 2.33. The minimum absolute atomic E-state index is 0.133. The summed E-state index contributed by atoms with van der Waals surface area (Å²) in [6.07, 6.45) is 1.23. The van der Waals surface area contributed by atoms with Gasteiger partial charge >= 0.3 is 0 Å². The normalized spacial score (nSPS) is 16.7. The fourth-order valence-corrected chi connectivity index (χ4v) is 2.49. The van der Waals surface area contributed by atoms with Gasteiger partial charge in [-0.15, -0.1) is 0 Å². The zero-order valence-corrected chi connectivity index (χ0v) is 12.8. The van der Waals surface area contributed by atoms with Gasteiger partial charge in [0.25, 0.3) is 5.91 Å². The van der Waals surface area contributed by atoms with Gasteiger partial charge in [-0.1, -0.05) is 12.1 Å². The lowest BCUT2D eigenvalue weighted by Gasteiger charge is -2.32. The molecule has 0 unspecified atom stereocenters. The van der Waals surface area contributed by atoms with E-state index in [0.717, 1.165) is 0 Å². The highest BCUT2D eigenvalue weighted by Gasteiger charge is 2.31. The van der Waals surface area contributed by atoms with Gasteiger partial charge < -0.3 is 19.4 Å². The van der Waals surface area contributed by atoms with E-state index in [-0.39, 0.29) is 18.2 Å². The summed E-state index contributed by atoms with van der Waals surface area (Å²) in [7, 11) is 0. The zero-order valence-electron chi connectivity index (χ0n) is 12.8. The number of rotatable bonds is 5. The van der Waals surface area contributed by atoms with E-state index in [1.807, 2.05) is 24.3 Å². The molecule has 6 nitrogen and oxygen atoms in total. The Balaban J connectivity index is 1.60. The average molecular weight is 314 g/mol. The lowest BCUT2D eigenvalue weighted by Crippen LogP contribution is -2.45. The first-order valence-corrected chi connectivity index (χ1v) is 7.51. The first-order valence-electron chi connectivity index (χ1n) is 7.51. The van der Waals surface area contributed by atoms with E-state index in [1.165, 1.54) is 0 Å². The third kappa shape index (κ3) is 3.36. The summed E-state index contributed by atoms with van der Waals surface area (Å²) in [4.78, 5) is 25.9. The lowest BCUT2D eigenvalue weighted by molar-refractivity contribution is -0.125. The molecular weight excluding hydrogens is 296 g/mol. The number of ether oxygens (including phenoxy) is 1. The second kappa shape index (κ2) is 6.56. The molecule has 0 aliphatic carbocycles. The standard InChI is InChI=1S/C17H18N2O4/c1-12-17(21)19(14-6-2-3-7-15(14)23-12)9-8-16(20)18-11-13-5-4-10-22-13/h2-7,10,12H,8-9,11H2,1H3,(H,18,20)/t12-/m0/s1. The van der Waals surface area contributed by atoms with E-state index in [2.05, 4.69) is 5.32 Å². The van der Waals surface area contributed by atoms with Gasteiger partial charge in [-0.2, -0.15) is 0 Å². The van der Waals surface area contributed by atoms with Crippen molar-refractivity contribution in [1.29, 1.82) is 0 Å². The minimum atomic E-state index is -0.545. The Morgan fingerprint density at radius 3 is 2.87 bits per heavy atom. The van der Waals surface area contributed by atoms with Crippen LogP contribution >= 0.6 is 0 Å². The van der Waals surface area contributed by atoms with Crippen molar-refractivity contribution in [1.82, 2.24) is 5.32 Å². The molecule has 2 aromatic rings. The van der Waals surface area contributed by atoms with Crippen LogP contribution in [0, 0.1) is 0 Å². The molecule has 1 aliphatic heterocycles. The highest BCUT2D eigenvalue weighted by atomic mass is 16.5. The van der Waals surface area contributed by atoms with Crippen LogP contribution in [0.2, 0.25) is 0 Å². The van der Waals surface area contributed by atoms with Crippen molar-refractivity contribution in [3.8, 4) is 5.75 Å². The molecular formula is C17H18N2O4. The Morgan fingerprint density at radius 2 is 2.09 bits per heavy atom. The topological polar surface area (TPSA) is 71.8 Å². The molecule has 6 heteroatoms.